The number of hydrogen-bond acceptors (Lipinski definition) is 2. The van der Waals surface area contributed by atoms with E-state index in [1.807, 2.05) is 11.3 Å². The molecule has 1 N–H and O–H groups in total. The molecular formula is C14H23NS. The zero-order valence-electron chi connectivity index (χ0n) is 10.4. The highest BCUT2D eigenvalue weighted by Crippen LogP contribution is 2.30. The Morgan fingerprint density at radius 2 is 2.38 bits per heavy atom. The van der Waals surface area contributed by atoms with Crippen LogP contribution in [0.3, 0.4) is 0 Å². The van der Waals surface area contributed by atoms with Crippen molar-refractivity contribution in [3.8, 4) is 0 Å². The lowest BCUT2D eigenvalue weighted by Gasteiger charge is -2.24. The fourth-order valence-electron chi connectivity index (χ4n) is 2.74. The normalized spacial score (nSPS) is 27.1. The van der Waals surface area contributed by atoms with E-state index in [9.17, 15) is 0 Å². The summed E-state index contributed by atoms with van der Waals surface area (Å²) in [4.78, 5) is 1.51. The van der Waals surface area contributed by atoms with E-state index in [-0.39, 0.29) is 0 Å². The monoisotopic (exact) mass is 237 g/mol. The van der Waals surface area contributed by atoms with Crippen molar-refractivity contribution in [2.45, 2.75) is 58.0 Å². The van der Waals surface area contributed by atoms with Gasteiger partial charge in [-0.2, -0.15) is 0 Å². The van der Waals surface area contributed by atoms with Crippen LogP contribution in [0.2, 0.25) is 0 Å². The molecule has 2 heteroatoms. The highest BCUT2D eigenvalue weighted by atomic mass is 32.1. The van der Waals surface area contributed by atoms with Gasteiger partial charge in [0.1, 0.15) is 0 Å². The molecule has 0 saturated heterocycles. The average Bonchev–Trinajstić information content (AvgIpc) is 2.90. The fraction of sp³-hybridized carbons (Fsp3) is 0.714. The fourth-order valence-corrected chi connectivity index (χ4v) is 3.56. The van der Waals surface area contributed by atoms with Gasteiger partial charge in [0.15, 0.2) is 0 Å². The Balaban J connectivity index is 1.97. The first-order valence-electron chi connectivity index (χ1n) is 6.60. The summed E-state index contributed by atoms with van der Waals surface area (Å²) in [5.41, 5.74) is 0. The molecule has 0 amide bonds. The Kier molecular flexibility index (Phi) is 4.42. The van der Waals surface area contributed by atoms with Crippen molar-refractivity contribution in [3.05, 3.63) is 22.4 Å². The van der Waals surface area contributed by atoms with Gasteiger partial charge in [-0.05, 0) is 36.6 Å². The van der Waals surface area contributed by atoms with Crippen molar-refractivity contribution in [2.75, 3.05) is 0 Å². The van der Waals surface area contributed by atoms with Crippen LogP contribution < -0.4 is 5.32 Å². The van der Waals surface area contributed by atoms with Gasteiger partial charge in [0, 0.05) is 17.0 Å². The molecule has 90 valence electrons. The molecule has 16 heavy (non-hydrogen) atoms. The van der Waals surface area contributed by atoms with Crippen molar-refractivity contribution < 1.29 is 0 Å². The van der Waals surface area contributed by atoms with E-state index < -0.39 is 0 Å². The molecular weight excluding hydrogens is 214 g/mol. The molecule has 1 fully saturated rings. The molecule has 3 unspecified atom stereocenters. The first kappa shape index (κ1) is 12.1. The van der Waals surface area contributed by atoms with Crippen LogP contribution in [0.1, 0.15) is 56.9 Å². The number of rotatable bonds is 5. The Labute approximate surface area is 103 Å². The van der Waals surface area contributed by atoms with Crippen molar-refractivity contribution in [1.29, 1.82) is 0 Å². The third-order valence-corrected chi connectivity index (χ3v) is 4.73. The van der Waals surface area contributed by atoms with E-state index in [1.165, 1.54) is 37.0 Å². The molecule has 1 heterocycles. The summed E-state index contributed by atoms with van der Waals surface area (Å²) in [7, 11) is 0. The number of nitrogens with one attached hydrogen (secondary N) is 1. The Morgan fingerprint density at radius 1 is 1.50 bits per heavy atom. The van der Waals surface area contributed by atoms with E-state index in [1.54, 1.807) is 0 Å². The predicted molar refractivity (Wildman–Crippen MR) is 71.9 cm³/mol. The van der Waals surface area contributed by atoms with Crippen LogP contribution in [0, 0.1) is 5.92 Å². The van der Waals surface area contributed by atoms with Crippen LogP contribution in [-0.2, 0) is 0 Å². The molecule has 0 aromatic carbocycles. The summed E-state index contributed by atoms with van der Waals surface area (Å²) in [6.07, 6.45) is 6.70. The van der Waals surface area contributed by atoms with Gasteiger partial charge >= 0.3 is 0 Å². The lowest BCUT2D eigenvalue weighted by Crippen LogP contribution is -2.34. The van der Waals surface area contributed by atoms with Gasteiger partial charge in [-0.3, -0.25) is 0 Å². The van der Waals surface area contributed by atoms with Crippen LogP contribution in [0.15, 0.2) is 17.5 Å². The third kappa shape index (κ3) is 2.86. The van der Waals surface area contributed by atoms with E-state index in [2.05, 4.69) is 36.7 Å². The summed E-state index contributed by atoms with van der Waals surface area (Å²) >= 11 is 1.89. The van der Waals surface area contributed by atoms with E-state index in [0.29, 0.717) is 6.04 Å². The topological polar surface area (TPSA) is 12.0 Å². The molecule has 3 atom stereocenters. The van der Waals surface area contributed by atoms with Gasteiger partial charge in [0.05, 0.1) is 0 Å². The lowest BCUT2D eigenvalue weighted by molar-refractivity contribution is 0.365. The SMILES string of the molecule is CCCC(NC1CCCC1C)c1cccs1. The second-order valence-corrected chi connectivity index (χ2v) is 6.02. The van der Waals surface area contributed by atoms with Crippen molar-refractivity contribution >= 4 is 11.3 Å². The molecule has 1 aliphatic rings. The first-order valence-corrected chi connectivity index (χ1v) is 7.48. The summed E-state index contributed by atoms with van der Waals surface area (Å²) in [6, 6.07) is 5.79. The average molecular weight is 237 g/mol. The molecule has 0 aliphatic heterocycles. The van der Waals surface area contributed by atoms with Gasteiger partial charge in [0.25, 0.3) is 0 Å². The highest BCUT2D eigenvalue weighted by Gasteiger charge is 2.26. The minimum absolute atomic E-state index is 0.593. The van der Waals surface area contributed by atoms with Gasteiger partial charge in [-0.15, -0.1) is 11.3 Å². The Morgan fingerprint density at radius 3 is 2.94 bits per heavy atom. The third-order valence-electron chi connectivity index (χ3n) is 3.74. The van der Waals surface area contributed by atoms with Crippen LogP contribution >= 0.6 is 11.3 Å². The predicted octanol–water partition coefficient (Wildman–Crippen LogP) is 4.37. The lowest BCUT2D eigenvalue weighted by atomic mass is 10.0. The smallest absolute Gasteiger partial charge is 0.0416 e. The van der Waals surface area contributed by atoms with Gasteiger partial charge in [0.2, 0.25) is 0 Å². The van der Waals surface area contributed by atoms with Gasteiger partial charge in [-0.1, -0.05) is 32.8 Å². The summed E-state index contributed by atoms with van der Waals surface area (Å²) in [5, 5.41) is 6.07. The van der Waals surface area contributed by atoms with Crippen molar-refractivity contribution in [1.82, 2.24) is 5.32 Å². The molecule has 0 spiro atoms. The maximum atomic E-state index is 3.88. The van der Waals surface area contributed by atoms with Gasteiger partial charge < -0.3 is 5.32 Å². The van der Waals surface area contributed by atoms with Crippen LogP contribution in [-0.4, -0.2) is 6.04 Å². The second kappa shape index (κ2) is 5.83. The summed E-state index contributed by atoms with van der Waals surface area (Å²) < 4.78 is 0. The summed E-state index contributed by atoms with van der Waals surface area (Å²) in [5.74, 6) is 0.860. The zero-order chi connectivity index (χ0) is 11.4. The van der Waals surface area contributed by atoms with E-state index in [4.69, 9.17) is 0 Å². The molecule has 1 aromatic heterocycles. The maximum Gasteiger partial charge on any atom is 0.0416 e. The Bertz CT molecular complexity index is 294. The minimum atomic E-state index is 0.593. The summed E-state index contributed by atoms with van der Waals surface area (Å²) in [6.45, 7) is 4.67. The van der Waals surface area contributed by atoms with E-state index in [0.717, 1.165) is 12.0 Å². The first-order chi connectivity index (χ1) is 7.81. The molecule has 0 radical (unpaired) electrons. The molecule has 1 aliphatic carbocycles. The largest absolute Gasteiger partial charge is 0.306 e. The molecule has 1 saturated carbocycles. The second-order valence-electron chi connectivity index (χ2n) is 5.04. The molecule has 2 rings (SSSR count). The van der Waals surface area contributed by atoms with Crippen LogP contribution in [0.5, 0.6) is 0 Å². The Hall–Kier alpha value is -0.340. The van der Waals surface area contributed by atoms with Crippen LogP contribution in [0.4, 0.5) is 0 Å². The molecule has 1 nitrogen and oxygen atoms in total. The highest BCUT2D eigenvalue weighted by molar-refractivity contribution is 7.10. The number of hydrogen-bond donors (Lipinski definition) is 1. The zero-order valence-corrected chi connectivity index (χ0v) is 11.2. The molecule has 0 bridgehead atoms. The molecule has 1 aromatic rings. The maximum absolute atomic E-state index is 3.88. The van der Waals surface area contributed by atoms with Crippen LogP contribution in [0.25, 0.3) is 0 Å². The number of thiophene rings is 1. The minimum Gasteiger partial charge on any atom is -0.306 e. The standard InChI is InChI=1S/C14H23NS/c1-3-6-13(14-9-5-10-16-14)15-12-8-4-7-11(12)2/h5,9-13,15H,3-4,6-8H2,1-2H3. The van der Waals surface area contributed by atoms with E-state index >= 15 is 0 Å². The van der Waals surface area contributed by atoms with Gasteiger partial charge in [-0.25, -0.2) is 0 Å². The van der Waals surface area contributed by atoms with Crippen molar-refractivity contribution in [2.24, 2.45) is 5.92 Å². The van der Waals surface area contributed by atoms with Crippen molar-refractivity contribution in [3.63, 3.8) is 0 Å². The quantitative estimate of drug-likeness (QED) is 0.802.